The van der Waals surface area contributed by atoms with Crippen LogP contribution in [0.5, 0.6) is 0 Å². The third-order valence-corrected chi connectivity index (χ3v) is 2.17. The van der Waals surface area contributed by atoms with E-state index in [9.17, 15) is 13.2 Å². The van der Waals surface area contributed by atoms with E-state index >= 15 is 0 Å². The van der Waals surface area contributed by atoms with Crippen molar-refractivity contribution in [2.45, 2.75) is 18.5 Å². The summed E-state index contributed by atoms with van der Waals surface area (Å²) in [5.41, 5.74) is 1.47. The molecule has 0 saturated heterocycles. The minimum Gasteiger partial charge on any atom is -0.384 e. The van der Waals surface area contributed by atoms with Crippen LogP contribution in [0.15, 0.2) is 24.3 Å². The second-order valence-electron chi connectivity index (χ2n) is 3.08. The van der Waals surface area contributed by atoms with Gasteiger partial charge in [-0.15, -0.1) is 11.6 Å². The lowest BCUT2D eigenvalue weighted by Gasteiger charge is -2.11. The number of anilines is 1. The van der Waals surface area contributed by atoms with Gasteiger partial charge in [0.15, 0.2) is 0 Å². The summed E-state index contributed by atoms with van der Waals surface area (Å²) in [5, 5.41) is 2.72. The Morgan fingerprint density at radius 3 is 2.47 bits per heavy atom. The van der Waals surface area contributed by atoms with Gasteiger partial charge in [-0.1, -0.05) is 18.2 Å². The van der Waals surface area contributed by atoms with Crippen molar-refractivity contribution in [3.8, 4) is 0 Å². The van der Waals surface area contributed by atoms with Gasteiger partial charge < -0.3 is 5.32 Å². The number of alkyl halides is 4. The number of benzene rings is 1. The molecule has 1 nitrogen and oxygen atoms in total. The van der Waals surface area contributed by atoms with Crippen molar-refractivity contribution in [3.63, 3.8) is 0 Å². The highest BCUT2D eigenvalue weighted by Crippen LogP contribution is 2.21. The Balaban J connectivity index is 2.50. The predicted octanol–water partition coefficient (Wildman–Crippen LogP) is 3.79. The standard InChI is InChI=1S/C10H11ClF3N/c11-7-8-3-1-2-4-9(8)15-6-5-10(12,13)14/h1-4,15H,5-7H2. The molecule has 0 bridgehead atoms. The fourth-order valence-electron chi connectivity index (χ4n) is 1.15. The third-order valence-electron chi connectivity index (χ3n) is 1.89. The Hall–Kier alpha value is -0.900. The first-order valence-corrected chi connectivity index (χ1v) is 5.01. The summed E-state index contributed by atoms with van der Waals surface area (Å²) in [4.78, 5) is 0. The molecular weight excluding hydrogens is 227 g/mol. The zero-order valence-corrected chi connectivity index (χ0v) is 8.70. The first kappa shape index (κ1) is 12.2. The molecule has 84 valence electrons. The highest BCUT2D eigenvalue weighted by molar-refractivity contribution is 6.17. The van der Waals surface area contributed by atoms with Crippen LogP contribution in [0.25, 0.3) is 0 Å². The zero-order valence-electron chi connectivity index (χ0n) is 7.94. The van der Waals surface area contributed by atoms with E-state index in [-0.39, 0.29) is 12.4 Å². The van der Waals surface area contributed by atoms with Gasteiger partial charge in [-0.25, -0.2) is 0 Å². The molecule has 0 aliphatic rings. The van der Waals surface area contributed by atoms with Gasteiger partial charge in [0.2, 0.25) is 0 Å². The molecule has 0 fully saturated rings. The van der Waals surface area contributed by atoms with Crippen molar-refractivity contribution < 1.29 is 13.2 Å². The number of hydrogen-bond acceptors (Lipinski definition) is 1. The molecular formula is C10H11ClF3N. The predicted molar refractivity (Wildman–Crippen MR) is 55.2 cm³/mol. The van der Waals surface area contributed by atoms with Crippen LogP contribution >= 0.6 is 11.6 Å². The molecule has 1 N–H and O–H groups in total. The quantitative estimate of drug-likeness (QED) is 0.786. The van der Waals surface area contributed by atoms with Crippen molar-refractivity contribution in [1.29, 1.82) is 0 Å². The fourth-order valence-corrected chi connectivity index (χ4v) is 1.38. The van der Waals surface area contributed by atoms with Crippen molar-refractivity contribution in [1.82, 2.24) is 0 Å². The van der Waals surface area contributed by atoms with E-state index in [0.717, 1.165) is 5.56 Å². The van der Waals surface area contributed by atoms with Crippen LogP contribution in [0.2, 0.25) is 0 Å². The number of rotatable bonds is 4. The normalized spacial score (nSPS) is 11.5. The molecule has 0 atom stereocenters. The Morgan fingerprint density at radius 2 is 1.87 bits per heavy atom. The molecule has 1 aromatic rings. The summed E-state index contributed by atoms with van der Waals surface area (Å²) in [6.07, 6.45) is -4.97. The maximum absolute atomic E-state index is 11.9. The highest BCUT2D eigenvalue weighted by atomic mass is 35.5. The molecule has 0 heterocycles. The molecule has 5 heteroatoms. The van der Waals surface area contributed by atoms with Gasteiger partial charge in [0.1, 0.15) is 0 Å². The molecule has 0 amide bonds. The van der Waals surface area contributed by atoms with Gasteiger partial charge in [0.05, 0.1) is 6.42 Å². The van der Waals surface area contributed by atoms with Gasteiger partial charge in [0.25, 0.3) is 0 Å². The molecule has 1 rings (SSSR count). The lowest BCUT2D eigenvalue weighted by Crippen LogP contribution is -2.15. The van der Waals surface area contributed by atoms with E-state index in [2.05, 4.69) is 5.32 Å². The van der Waals surface area contributed by atoms with Crippen LogP contribution < -0.4 is 5.32 Å². The largest absolute Gasteiger partial charge is 0.390 e. The molecule has 1 aromatic carbocycles. The van der Waals surface area contributed by atoms with E-state index < -0.39 is 12.6 Å². The first-order chi connectivity index (χ1) is 7.03. The van der Waals surface area contributed by atoms with Crippen molar-refractivity contribution in [2.75, 3.05) is 11.9 Å². The SMILES string of the molecule is FC(F)(F)CCNc1ccccc1CCl. The summed E-state index contributed by atoms with van der Waals surface area (Å²) >= 11 is 5.64. The molecule has 0 saturated carbocycles. The summed E-state index contributed by atoms with van der Waals surface area (Å²) in [5.74, 6) is 0.287. The first-order valence-electron chi connectivity index (χ1n) is 4.47. The van der Waals surface area contributed by atoms with Crippen LogP contribution in [0.1, 0.15) is 12.0 Å². The van der Waals surface area contributed by atoms with Crippen molar-refractivity contribution in [2.24, 2.45) is 0 Å². The molecule has 15 heavy (non-hydrogen) atoms. The van der Waals surface area contributed by atoms with E-state index in [0.29, 0.717) is 5.69 Å². The summed E-state index contributed by atoms with van der Waals surface area (Å²) in [6.45, 7) is -0.128. The zero-order chi connectivity index (χ0) is 11.3. The van der Waals surface area contributed by atoms with Crippen LogP contribution in [0.3, 0.4) is 0 Å². The molecule has 0 unspecified atom stereocenters. The van der Waals surface area contributed by atoms with Crippen LogP contribution in [-0.2, 0) is 5.88 Å². The Morgan fingerprint density at radius 1 is 1.20 bits per heavy atom. The number of para-hydroxylation sites is 1. The highest BCUT2D eigenvalue weighted by Gasteiger charge is 2.26. The van der Waals surface area contributed by atoms with Gasteiger partial charge >= 0.3 is 6.18 Å². The minimum absolute atomic E-state index is 0.128. The van der Waals surface area contributed by atoms with Crippen LogP contribution in [-0.4, -0.2) is 12.7 Å². The Bertz CT molecular complexity index is 312. The Labute approximate surface area is 91.2 Å². The van der Waals surface area contributed by atoms with Crippen LogP contribution in [0, 0.1) is 0 Å². The van der Waals surface area contributed by atoms with Crippen molar-refractivity contribution >= 4 is 17.3 Å². The van der Waals surface area contributed by atoms with E-state index in [1.807, 2.05) is 0 Å². The maximum Gasteiger partial charge on any atom is 0.390 e. The minimum atomic E-state index is -4.12. The van der Waals surface area contributed by atoms with E-state index in [1.165, 1.54) is 0 Å². The average Bonchev–Trinajstić information content (AvgIpc) is 2.16. The van der Waals surface area contributed by atoms with Gasteiger partial charge in [-0.2, -0.15) is 13.2 Å². The average molecular weight is 238 g/mol. The summed E-state index contributed by atoms with van der Waals surface area (Å²) in [7, 11) is 0. The van der Waals surface area contributed by atoms with Gasteiger partial charge in [-0.05, 0) is 11.6 Å². The topological polar surface area (TPSA) is 12.0 Å². The number of halogens is 4. The summed E-state index contributed by atoms with van der Waals surface area (Å²) < 4.78 is 35.6. The lowest BCUT2D eigenvalue weighted by molar-refractivity contribution is -0.131. The molecule has 0 aliphatic carbocycles. The molecule has 0 aromatic heterocycles. The van der Waals surface area contributed by atoms with Crippen molar-refractivity contribution in [3.05, 3.63) is 29.8 Å². The lowest BCUT2D eigenvalue weighted by atomic mass is 10.2. The third kappa shape index (κ3) is 4.42. The second-order valence-corrected chi connectivity index (χ2v) is 3.35. The van der Waals surface area contributed by atoms with E-state index in [4.69, 9.17) is 11.6 Å². The van der Waals surface area contributed by atoms with E-state index in [1.54, 1.807) is 24.3 Å². The molecule has 0 spiro atoms. The second kappa shape index (κ2) is 5.26. The molecule has 0 aliphatic heterocycles. The Kier molecular flexibility index (Phi) is 4.27. The van der Waals surface area contributed by atoms with Gasteiger partial charge in [0, 0.05) is 18.1 Å². The summed E-state index contributed by atoms with van der Waals surface area (Å²) in [6, 6.07) is 7.05. The molecule has 0 radical (unpaired) electrons. The fraction of sp³-hybridized carbons (Fsp3) is 0.400. The van der Waals surface area contributed by atoms with Gasteiger partial charge in [-0.3, -0.25) is 0 Å². The maximum atomic E-state index is 11.9. The number of hydrogen-bond donors (Lipinski definition) is 1. The smallest absolute Gasteiger partial charge is 0.384 e. The number of nitrogens with one attached hydrogen (secondary N) is 1. The monoisotopic (exact) mass is 237 g/mol. The van der Waals surface area contributed by atoms with Crippen LogP contribution in [0.4, 0.5) is 18.9 Å².